The first kappa shape index (κ1) is 12.7. The normalized spacial score (nSPS) is 26.6. The van der Waals surface area contributed by atoms with E-state index < -0.39 is 0 Å². The molecule has 5 heteroatoms. The van der Waals surface area contributed by atoms with Crippen molar-refractivity contribution in [2.24, 2.45) is 11.8 Å². The molecule has 1 aliphatic heterocycles. The number of carbonyl (C=O) groups is 1. The van der Waals surface area contributed by atoms with Crippen molar-refractivity contribution >= 4 is 18.3 Å². The van der Waals surface area contributed by atoms with Crippen LogP contribution in [0.5, 0.6) is 0 Å². The predicted molar refractivity (Wildman–Crippen MR) is 52.9 cm³/mol. The van der Waals surface area contributed by atoms with E-state index in [-0.39, 0.29) is 30.8 Å². The molecule has 2 atom stereocenters. The summed E-state index contributed by atoms with van der Waals surface area (Å²) in [5.74, 6) is 0.543. The van der Waals surface area contributed by atoms with Gasteiger partial charge in [-0.1, -0.05) is 6.92 Å². The quantitative estimate of drug-likeness (QED) is 0.579. The fraction of sp³-hybridized carbons (Fsp3) is 0.875. The molecule has 1 aliphatic rings. The van der Waals surface area contributed by atoms with E-state index in [1.54, 1.807) is 0 Å². The van der Waals surface area contributed by atoms with Gasteiger partial charge in [0.25, 0.3) is 0 Å². The monoisotopic (exact) mass is 208 g/mol. The van der Waals surface area contributed by atoms with Gasteiger partial charge in [-0.25, -0.2) is 0 Å². The maximum atomic E-state index is 11.4. The first-order valence-electron chi connectivity index (χ1n) is 4.35. The van der Waals surface area contributed by atoms with Gasteiger partial charge in [0.2, 0.25) is 5.91 Å². The third-order valence-corrected chi connectivity index (χ3v) is 2.27. The minimum atomic E-state index is 0. The molecule has 1 fully saturated rings. The Morgan fingerprint density at radius 1 is 1.62 bits per heavy atom. The van der Waals surface area contributed by atoms with E-state index in [4.69, 9.17) is 5.11 Å². The molecule has 78 valence electrons. The zero-order valence-electron chi connectivity index (χ0n) is 7.75. The summed E-state index contributed by atoms with van der Waals surface area (Å²) in [6, 6.07) is 0. The number of carbonyl (C=O) groups excluding carboxylic acids is 1. The Kier molecular flexibility index (Phi) is 6.03. The summed E-state index contributed by atoms with van der Waals surface area (Å²) < 4.78 is 0. The SMILES string of the molecule is C[C@@H]1CNC[C@H]1C(=O)NCCO.Cl. The van der Waals surface area contributed by atoms with Gasteiger partial charge in [0, 0.05) is 13.1 Å². The number of aliphatic hydroxyl groups excluding tert-OH is 1. The summed E-state index contributed by atoms with van der Waals surface area (Å²) in [6.07, 6.45) is 0. The fourth-order valence-corrected chi connectivity index (χ4v) is 1.47. The van der Waals surface area contributed by atoms with Gasteiger partial charge >= 0.3 is 0 Å². The van der Waals surface area contributed by atoms with Crippen molar-refractivity contribution in [2.75, 3.05) is 26.2 Å². The van der Waals surface area contributed by atoms with Gasteiger partial charge in [-0.2, -0.15) is 0 Å². The van der Waals surface area contributed by atoms with Crippen molar-refractivity contribution in [3.8, 4) is 0 Å². The molecule has 1 rings (SSSR count). The Hall–Kier alpha value is -0.320. The van der Waals surface area contributed by atoms with Crippen LogP contribution in [0.2, 0.25) is 0 Å². The molecule has 13 heavy (non-hydrogen) atoms. The van der Waals surface area contributed by atoms with Crippen LogP contribution in [0, 0.1) is 11.8 Å². The van der Waals surface area contributed by atoms with Gasteiger partial charge in [0.15, 0.2) is 0 Å². The molecule has 1 saturated heterocycles. The van der Waals surface area contributed by atoms with Crippen LogP contribution in [-0.2, 0) is 4.79 Å². The lowest BCUT2D eigenvalue weighted by molar-refractivity contribution is -0.125. The van der Waals surface area contributed by atoms with E-state index in [1.165, 1.54) is 0 Å². The van der Waals surface area contributed by atoms with Gasteiger partial charge in [-0.15, -0.1) is 12.4 Å². The number of hydrogen-bond donors (Lipinski definition) is 3. The molecule has 0 aliphatic carbocycles. The fourth-order valence-electron chi connectivity index (χ4n) is 1.47. The third kappa shape index (κ3) is 3.50. The Balaban J connectivity index is 0.00000144. The largest absolute Gasteiger partial charge is 0.395 e. The maximum Gasteiger partial charge on any atom is 0.224 e. The van der Waals surface area contributed by atoms with Crippen molar-refractivity contribution in [3.63, 3.8) is 0 Å². The number of amides is 1. The zero-order chi connectivity index (χ0) is 8.97. The van der Waals surface area contributed by atoms with Gasteiger partial charge in [-0.05, 0) is 12.5 Å². The van der Waals surface area contributed by atoms with Crippen LogP contribution in [0.4, 0.5) is 0 Å². The molecule has 0 saturated carbocycles. The highest BCUT2D eigenvalue weighted by Gasteiger charge is 2.28. The Morgan fingerprint density at radius 2 is 2.31 bits per heavy atom. The molecule has 4 nitrogen and oxygen atoms in total. The van der Waals surface area contributed by atoms with E-state index in [2.05, 4.69) is 17.6 Å². The van der Waals surface area contributed by atoms with Gasteiger partial charge < -0.3 is 15.7 Å². The molecule has 0 aromatic carbocycles. The summed E-state index contributed by atoms with van der Waals surface area (Å²) in [6.45, 7) is 4.11. The van der Waals surface area contributed by atoms with E-state index in [1.807, 2.05) is 0 Å². The summed E-state index contributed by atoms with van der Waals surface area (Å²) in [7, 11) is 0. The number of hydrogen-bond acceptors (Lipinski definition) is 3. The number of rotatable bonds is 3. The Bertz CT molecular complexity index is 166. The molecular weight excluding hydrogens is 192 g/mol. The molecular formula is C8H17ClN2O2. The first-order chi connectivity index (χ1) is 5.75. The van der Waals surface area contributed by atoms with Crippen molar-refractivity contribution < 1.29 is 9.90 Å². The average Bonchev–Trinajstić information content (AvgIpc) is 2.47. The van der Waals surface area contributed by atoms with Crippen molar-refractivity contribution in [2.45, 2.75) is 6.92 Å². The smallest absolute Gasteiger partial charge is 0.224 e. The Labute approximate surface area is 84.5 Å². The molecule has 0 aromatic heterocycles. The zero-order valence-corrected chi connectivity index (χ0v) is 8.56. The van der Waals surface area contributed by atoms with Crippen LogP contribution in [0.25, 0.3) is 0 Å². The second kappa shape index (κ2) is 6.18. The summed E-state index contributed by atoms with van der Waals surface area (Å²) in [4.78, 5) is 11.4. The minimum absolute atomic E-state index is 0. The van der Waals surface area contributed by atoms with Gasteiger partial charge in [0.05, 0.1) is 12.5 Å². The maximum absolute atomic E-state index is 11.4. The molecule has 0 aromatic rings. The Morgan fingerprint density at radius 3 is 2.77 bits per heavy atom. The van der Waals surface area contributed by atoms with E-state index >= 15 is 0 Å². The van der Waals surface area contributed by atoms with Crippen LogP contribution in [0.3, 0.4) is 0 Å². The van der Waals surface area contributed by atoms with Gasteiger partial charge in [0.1, 0.15) is 0 Å². The highest BCUT2D eigenvalue weighted by Crippen LogP contribution is 2.15. The summed E-state index contributed by atoms with van der Waals surface area (Å²) in [5, 5.41) is 14.3. The van der Waals surface area contributed by atoms with Crippen molar-refractivity contribution in [3.05, 3.63) is 0 Å². The predicted octanol–water partition coefficient (Wildman–Crippen LogP) is -0.628. The molecule has 0 unspecified atom stereocenters. The summed E-state index contributed by atoms with van der Waals surface area (Å²) in [5.41, 5.74) is 0. The minimum Gasteiger partial charge on any atom is -0.395 e. The highest BCUT2D eigenvalue weighted by molar-refractivity contribution is 5.85. The number of halogens is 1. The number of nitrogens with one attached hydrogen (secondary N) is 2. The first-order valence-corrected chi connectivity index (χ1v) is 4.35. The lowest BCUT2D eigenvalue weighted by atomic mass is 9.97. The van der Waals surface area contributed by atoms with E-state index in [0.29, 0.717) is 12.5 Å². The molecule has 1 heterocycles. The van der Waals surface area contributed by atoms with Crippen molar-refractivity contribution in [1.82, 2.24) is 10.6 Å². The van der Waals surface area contributed by atoms with Crippen LogP contribution in [0.1, 0.15) is 6.92 Å². The molecule has 0 radical (unpaired) electrons. The lowest BCUT2D eigenvalue weighted by Crippen LogP contribution is -2.35. The second-order valence-corrected chi connectivity index (χ2v) is 3.26. The molecule has 0 bridgehead atoms. The van der Waals surface area contributed by atoms with Crippen LogP contribution in [-0.4, -0.2) is 37.3 Å². The van der Waals surface area contributed by atoms with Gasteiger partial charge in [-0.3, -0.25) is 4.79 Å². The van der Waals surface area contributed by atoms with Crippen LogP contribution < -0.4 is 10.6 Å². The van der Waals surface area contributed by atoms with E-state index in [9.17, 15) is 4.79 Å². The summed E-state index contributed by atoms with van der Waals surface area (Å²) >= 11 is 0. The molecule has 0 spiro atoms. The highest BCUT2D eigenvalue weighted by atomic mass is 35.5. The van der Waals surface area contributed by atoms with E-state index in [0.717, 1.165) is 13.1 Å². The topological polar surface area (TPSA) is 61.4 Å². The molecule has 3 N–H and O–H groups in total. The van der Waals surface area contributed by atoms with Crippen LogP contribution in [0.15, 0.2) is 0 Å². The lowest BCUT2D eigenvalue weighted by Gasteiger charge is -2.13. The third-order valence-electron chi connectivity index (χ3n) is 2.27. The number of aliphatic hydroxyl groups is 1. The second-order valence-electron chi connectivity index (χ2n) is 3.26. The average molecular weight is 209 g/mol. The standard InChI is InChI=1S/C8H16N2O2.ClH/c1-6-4-9-5-7(6)8(12)10-2-3-11;/h6-7,9,11H,2-5H2,1H3,(H,10,12);1H/t6-,7-;/m1./s1. The van der Waals surface area contributed by atoms with Crippen molar-refractivity contribution in [1.29, 1.82) is 0 Å². The van der Waals surface area contributed by atoms with Crippen LogP contribution >= 0.6 is 12.4 Å². The molecule has 1 amide bonds.